The molecule has 22 heavy (non-hydrogen) atoms. The Morgan fingerprint density at radius 3 is 2.73 bits per heavy atom. The van der Waals surface area contributed by atoms with Crippen molar-refractivity contribution in [1.29, 1.82) is 5.26 Å². The van der Waals surface area contributed by atoms with Crippen molar-refractivity contribution >= 4 is 5.65 Å². The summed E-state index contributed by atoms with van der Waals surface area (Å²) in [5, 5.41) is 8.75. The Labute approximate surface area is 127 Å². The Balaban J connectivity index is 1.84. The molecule has 0 spiro atoms. The third kappa shape index (κ3) is 2.81. The van der Waals surface area contributed by atoms with Gasteiger partial charge < -0.3 is 4.74 Å². The molecular formula is C17H13N3O2. The summed E-state index contributed by atoms with van der Waals surface area (Å²) >= 11 is 0. The van der Waals surface area contributed by atoms with E-state index in [1.165, 1.54) is 10.5 Å². The van der Waals surface area contributed by atoms with Gasteiger partial charge in [0.2, 0.25) is 0 Å². The lowest BCUT2D eigenvalue weighted by atomic mass is 10.2. The highest BCUT2D eigenvalue weighted by Gasteiger charge is 2.04. The standard InChI is InChI=1S/C17H13N3O2/c1-12-6-7-20-16(8-12)19-14(9-17(20)21)11-22-15-4-2-13(10-18)3-5-15/h2-9H,11H2,1H3. The maximum absolute atomic E-state index is 12.0. The van der Waals surface area contributed by atoms with Gasteiger partial charge in [-0.25, -0.2) is 4.98 Å². The van der Waals surface area contributed by atoms with Crippen molar-refractivity contribution in [3.05, 3.63) is 75.8 Å². The zero-order valence-corrected chi connectivity index (χ0v) is 12.0. The van der Waals surface area contributed by atoms with Gasteiger partial charge in [0.25, 0.3) is 5.56 Å². The van der Waals surface area contributed by atoms with Crippen molar-refractivity contribution in [3.63, 3.8) is 0 Å². The Morgan fingerprint density at radius 2 is 2.00 bits per heavy atom. The van der Waals surface area contributed by atoms with E-state index in [2.05, 4.69) is 4.98 Å². The SMILES string of the molecule is Cc1ccn2c(=O)cc(COc3ccc(C#N)cc3)nc2c1. The van der Waals surface area contributed by atoms with Crippen molar-refractivity contribution in [2.24, 2.45) is 0 Å². The molecule has 0 aliphatic heterocycles. The van der Waals surface area contributed by atoms with E-state index in [-0.39, 0.29) is 12.2 Å². The van der Waals surface area contributed by atoms with Gasteiger partial charge in [-0.3, -0.25) is 9.20 Å². The van der Waals surface area contributed by atoms with E-state index in [0.717, 1.165) is 5.56 Å². The van der Waals surface area contributed by atoms with Crippen LogP contribution in [0.15, 0.2) is 53.5 Å². The third-order valence-corrected chi connectivity index (χ3v) is 3.25. The molecule has 3 rings (SSSR count). The minimum absolute atomic E-state index is 0.136. The average Bonchev–Trinajstić information content (AvgIpc) is 2.53. The van der Waals surface area contributed by atoms with Crippen molar-refractivity contribution < 1.29 is 4.74 Å². The fraction of sp³-hybridized carbons (Fsp3) is 0.118. The van der Waals surface area contributed by atoms with Gasteiger partial charge in [-0.1, -0.05) is 0 Å². The number of nitrogens with zero attached hydrogens (tertiary/aromatic N) is 3. The molecule has 0 amide bonds. The molecule has 0 aliphatic rings. The minimum atomic E-state index is -0.136. The summed E-state index contributed by atoms with van der Waals surface area (Å²) in [5.74, 6) is 0.630. The molecule has 1 aromatic carbocycles. The van der Waals surface area contributed by atoms with Gasteiger partial charge in [-0.15, -0.1) is 0 Å². The zero-order valence-electron chi connectivity index (χ0n) is 12.0. The molecular weight excluding hydrogens is 278 g/mol. The number of hydrogen-bond acceptors (Lipinski definition) is 4. The molecule has 0 radical (unpaired) electrons. The van der Waals surface area contributed by atoms with Crippen LogP contribution in [0.25, 0.3) is 5.65 Å². The smallest absolute Gasteiger partial charge is 0.258 e. The molecule has 0 aliphatic carbocycles. The quantitative estimate of drug-likeness (QED) is 0.743. The number of ether oxygens (including phenoxy) is 1. The van der Waals surface area contributed by atoms with Crippen LogP contribution >= 0.6 is 0 Å². The van der Waals surface area contributed by atoms with Gasteiger partial charge in [-0.05, 0) is 48.9 Å². The van der Waals surface area contributed by atoms with Crippen molar-refractivity contribution in [3.8, 4) is 11.8 Å². The molecule has 0 unspecified atom stereocenters. The highest BCUT2D eigenvalue weighted by Crippen LogP contribution is 2.13. The highest BCUT2D eigenvalue weighted by molar-refractivity contribution is 5.41. The third-order valence-electron chi connectivity index (χ3n) is 3.25. The molecule has 0 saturated heterocycles. The first-order chi connectivity index (χ1) is 10.7. The van der Waals surface area contributed by atoms with Crippen LogP contribution in [-0.2, 0) is 6.61 Å². The predicted octanol–water partition coefficient (Wildman–Crippen LogP) is 2.45. The largest absolute Gasteiger partial charge is 0.487 e. The number of aromatic nitrogens is 2. The van der Waals surface area contributed by atoms with E-state index >= 15 is 0 Å². The normalized spacial score (nSPS) is 10.4. The summed E-state index contributed by atoms with van der Waals surface area (Å²) in [7, 11) is 0. The maximum Gasteiger partial charge on any atom is 0.258 e. The Hall–Kier alpha value is -3.13. The van der Waals surface area contributed by atoms with E-state index in [0.29, 0.717) is 22.7 Å². The van der Waals surface area contributed by atoms with Gasteiger partial charge in [0.15, 0.2) is 0 Å². The van der Waals surface area contributed by atoms with Gasteiger partial charge in [0.1, 0.15) is 18.0 Å². The van der Waals surface area contributed by atoms with E-state index < -0.39 is 0 Å². The number of fused-ring (bicyclic) bond motifs is 1. The van der Waals surface area contributed by atoms with Crippen LogP contribution in [-0.4, -0.2) is 9.38 Å². The second-order valence-corrected chi connectivity index (χ2v) is 4.94. The van der Waals surface area contributed by atoms with E-state index in [1.54, 1.807) is 30.5 Å². The van der Waals surface area contributed by atoms with Crippen LogP contribution in [0.3, 0.4) is 0 Å². The first kappa shape index (κ1) is 13.8. The predicted molar refractivity (Wildman–Crippen MR) is 81.7 cm³/mol. The molecule has 0 bridgehead atoms. The van der Waals surface area contributed by atoms with Crippen molar-refractivity contribution in [2.45, 2.75) is 13.5 Å². The molecule has 0 atom stereocenters. The summed E-state index contributed by atoms with van der Waals surface area (Å²) in [4.78, 5) is 16.5. The molecule has 5 heteroatoms. The topological polar surface area (TPSA) is 67.4 Å². The van der Waals surface area contributed by atoms with Crippen LogP contribution in [0, 0.1) is 18.3 Å². The molecule has 2 heterocycles. The molecule has 0 saturated carbocycles. The van der Waals surface area contributed by atoms with Crippen LogP contribution in [0.1, 0.15) is 16.8 Å². The average molecular weight is 291 g/mol. The lowest BCUT2D eigenvalue weighted by molar-refractivity contribution is 0.301. The number of aryl methyl sites for hydroxylation is 1. The fourth-order valence-corrected chi connectivity index (χ4v) is 2.11. The van der Waals surface area contributed by atoms with Crippen LogP contribution in [0.5, 0.6) is 5.75 Å². The van der Waals surface area contributed by atoms with E-state index in [4.69, 9.17) is 10.00 Å². The molecule has 3 aromatic rings. The summed E-state index contributed by atoms with van der Waals surface area (Å²) < 4.78 is 7.10. The Bertz CT molecular complexity index is 921. The molecule has 108 valence electrons. The number of nitriles is 1. The van der Waals surface area contributed by atoms with Gasteiger partial charge in [0.05, 0.1) is 17.3 Å². The second-order valence-electron chi connectivity index (χ2n) is 4.94. The summed E-state index contributed by atoms with van der Waals surface area (Å²) in [6.07, 6.45) is 1.71. The van der Waals surface area contributed by atoms with Crippen LogP contribution in [0.4, 0.5) is 0 Å². The molecule has 2 aromatic heterocycles. The lowest BCUT2D eigenvalue weighted by Gasteiger charge is -2.07. The van der Waals surface area contributed by atoms with E-state index in [1.807, 2.05) is 25.1 Å². The number of rotatable bonds is 3. The van der Waals surface area contributed by atoms with E-state index in [9.17, 15) is 4.79 Å². The molecule has 5 nitrogen and oxygen atoms in total. The monoisotopic (exact) mass is 291 g/mol. The van der Waals surface area contributed by atoms with Crippen molar-refractivity contribution in [2.75, 3.05) is 0 Å². The highest BCUT2D eigenvalue weighted by atomic mass is 16.5. The van der Waals surface area contributed by atoms with Crippen molar-refractivity contribution in [1.82, 2.24) is 9.38 Å². The Kier molecular flexibility index (Phi) is 3.58. The number of benzene rings is 1. The van der Waals surface area contributed by atoms with Crippen LogP contribution in [0.2, 0.25) is 0 Å². The van der Waals surface area contributed by atoms with Gasteiger partial charge in [0, 0.05) is 12.3 Å². The number of pyridine rings is 1. The minimum Gasteiger partial charge on any atom is -0.487 e. The summed E-state index contributed by atoms with van der Waals surface area (Å²) in [6, 6.07) is 14.0. The van der Waals surface area contributed by atoms with Gasteiger partial charge >= 0.3 is 0 Å². The zero-order chi connectivity index (χ0) is 15.5. The second kappa shape index (κ2) is 5.70. The first-order valence-corrected chi connectivity index (χ1v) is 6.77. The van der Waals surface area contributed by atoms with Gasteiger partial charge in [-0.2, -0.15) is 5.26 Å². The summed E-state index contributed by atoms with van der Waals surface area (Å²) in [5.41, 5.74) is 2.65. The lowest BCUT2D eigenvalue weighted by Crippen LogP contribution is -2.16. The Morgan fingerprint density at radius 1 is 1.23 bits per heavy atom. The molecule has 0 fully saturated rings. The fourth-order valence-electron chi connectivity index (χ4n) is 2.11. The first-order valence-electron chi connectivity index (χ1n) is 6.77. The van der Waals surface area contributed by atoms with Crippen LogP contribution < -0.4 is 10.3 Å². The number of hydrogen-bond donors (Lipinski definition) is 0. The molecule has 0 N–H and O–H groups in total. The summed E-state index contributed by atoms with van der Waals surface area (Å²) in [6.45, 7) is 2.15. The maximum atomic E-state index is 12.0.